The monoisotopic (exact) mass is 508 g/mol. The zero-order valence-corrected chi connectivity index (χ0v) is 21.4. The number of ether oxygens (including phenoxy) is 1. The predicted octanol–water partition coefficient (Wildman–Crippen LogP) is 4.83. The summed E-state index contributed by atoms with van der Waals surface area (Å²) in [6.07, 6.45) is 2.28. The summed E-state index contributed by atoms with van der Waals surface area (Å²) in [7, 11) is 1.62. The Hall–Kier alpha value is -3.65. The number of anilines is 2. The second kappa shape index (κ2) is 11.0. The van der Waals surface area contributed by atoms with Gasteiger partial charge in [0.2, 0.25) is 0 Å². The molecule has 1 aromatic heterocycles. The lowest BCUT2D eigenvalue weighted by atomic mass is 10.0. The molecule has 2 N–H and O–H groups in total. The van der Waals surface area contributed by atoms with E-state index in [0.29, 0.717) is 34.9 Å². The first-order valence-corrected chi connectivity index (χ1v) is 12.2. The molecule has 36 heavy (non-hydrogen) atoms. The lowest BCUT2D eigenvalue weighted by molar-refractivity contribution is -0.136. The number of rotatable bonds is 8. The fraction of sp³-hybridized carbons (Fsp3) is 0.333. The highest BCUT2D eigenvalue weighted by atomic mass is 35.5. The van der Waals surface area contributed by atoms with Crippen molar-refractivity contribution in [3.8, 4) is 5.75 Å². The van der Waals surface area contributed by atoms with E-state index in [1.165, 1.54) is 0 Å². The van der Waals surface area contributed by atoms with Crippen molar-refractivity contribution in [3.63, 3.8) is 0 Å². The molecule has 1 amide bonds. The molecule has 2 heterocycles. The van der Waals surface area contributed by atoms with Crippen LogP contribution < -0.4 is 15.0 Å². The van der Waals surface area contributed by atoms with Crippen LogP contribution in [0.15, 0.2) is 36.4 Å². The van der Waals surface area contributed by atoms with Crippen LogP contribution in [0.5, 0.6) is 5.75 Å². The molecule has 1 fully saturated rings. The van der Waals surface area contributed by atoms with E-state index < -0.39 is 5.97 Å². The average molecular weight is 509 g/mol. The summed E-state index contributed by atoms with van der Waals surface area (Å²) in [5.74, 6) is 0.750. The zero-order valence-electron chi connectivity index (χ0n) is 20.6. The summed E-state index contributed by atoms with van der Waals surface area (Å²) in [4.78, 5) is 35.3. The van der Waals surface area contributed by atoms with Crippen molar-refractivity contribution in [2.45, 2.75) is 39.5 Å². The number of methoxy groups -OCH3 is 1. The van der Waals surface area contributed by atoms with Crippen LogP contribution in [0.3, 0.4) is 0 Å². The zero-order chi connectivity index (χ0) is 25.8. The Labute approximate surface area is 215 Å². The van der Waals surface area contributed by atoms with Gasteiger partial charge in [-0.1, -0.05) is 23.7 Å². The van der Waals surface area contributed by atoms with E-state index in [4.69, 9.17) is 21.3 Å². The third-order valence-electron chi connectivity index (χ3n) is 6.22. The van der Waals surface area contributed by atoms with Crippen molar-refractivity contribution in [2.24, 2.45) is 0 Å². The molecule has 1 aliphatic rings. The van der Waals surface area contributed by atoms with Gasteiger partial charge < -0.3 is 20.1 Å². The highest BCUT2D eigenvalue weighted by molar-refractivity contribution is 6.30. The van der Waals surface area contributed by atoms with Crippen molar-refractivity contribution in [1.29, 1.82) is 0 Å². The van der Waals surface area contributed by atoms with Crippen molar-refractivity contribution in [3.05, 3.63) is 75.2 Å². The summed E-state index contributed by atoms with van der Waals surface area (Å²) in [5, 5.41) is 12.4. The van der Waals surface area contributed by atoms with Crippen LogP contribution in [0, 0.1) is 13.8 Å². The molecule has 0 saturated carbocycles. The van der Waals surface area contributed by atoms with Gasteiger partial charge in [0.15, 0.2) is 0 Å². The number of carboxylic acid groups (broad SMARTS) is 1. The number of nitrogens with zero attached hydrogens (tertiary/aromatic N) is 3. The number of aliphatic carboxylic acids is 1. The number of carboxylic acids is 1. The molecule has 0 bridgehead atoms. The van der Waals surface area contributed by atoms with Gasteiger partial charge in [-0.25, -0.2) is 9.97 Å². The molecule has 0 aliphatic carbocycles. The first kappa shape index (κ1) is 25.4. The molecule has 1 saturated heterocycles. The largest absolute Gasteiger partial charge is 0.496 e. The summed E-state index contributed by atoms with van der Waals surface area (Å²) < 4.78 is 5.38. The Morgan fingerprint density at radius 1 is 1.08 bits per heavy atom. The summed E-state index contributed by atoms with van der Waals surface area (Å²) in [6.45, 7) is 5.46. The fourth-order valence-corrected chi connectivity index (χ4v) is 4.80. The molecular weight excluding hydrogens is 480 g/mol. The first-order valence-electron chi connectivity index (χ1n) is 11.8. The van der Waals surface area contributed by atoms with Gasteiger partial charge in [0.1, 0.15) is 22.5 Å². The van der Waals surface area contributed by atoms with Gasteiger partial charge in [0.25, 0.3) is 5.91 Å². The van der Waals surface area contributed by atoms with E-state index in [9.17, 15) is 14.7 Å². The molecular formula is C27H29ClN4O4. The minimum absolute atomic E-state index is 0.179. The van der Waals surface area contributed by atoms with Crippen LogP contribution >= 0.6 is 11.6 Å². The maximum absolute atomic E-state index is 12.8. The maximum Gasteiger partial charge on any atom is 0.308 e. The molecule has 0 atom stereocenters. The van der Waals surface area contributed by atoms with E-state index in [2.05, 4.69) is 15.2 Å². The van der Waals surface area contributed by atoms with Crippen molar-refractivity contribution in [1.82, 2.24) is 9.97 Å². The van der Waals surface area contributed by atoms with Gasteiger partial charge in [0, 0.05) is 36.3 Å². The number of hydrogen-bond donors (Lipinski definition) is 2. The molecule has 2 aromatic carbocycles. The van der Waals surface area contributed by atoms with Crippen LogP contribution in [-0.2, 0) is 17.6 Å². The van der Waals surface area contributed by atoms with E-state index in [1.54, 1.807) is 7.11 Å². The molecule has 4 rings (SSSR count). The quantitative estimate of drug-likeness (QED) is 0.420. The van der Waals surface area contributed by atoms with Crippen LogP contribution in [0.4, 0.5) is 11.5 Å². The number of carbonyl (C=O) groups excluding carboxylic acids is 1. The van der Waals surface area contributed by atoms with Gasteiger partial charge in [-0.05, 0) is 67.6 Å². The summed E-state index contributed by atoms with van der Waals surface area (Å²) in [6, 6.07) is 11.1. The number of aromatic nitrogens is 2. The van der Waals surface area contributed by atoms with Gasteiger partial charge >= 0.3 is 5.97 Å². The number of halogens is 1. The molecule has 188 valence electrons. The van der Waals surface area contributed by atoms with Crippen LogP contribution in [0.2, 0.25) is 5.15 Å². The third-order valence-corrected chi connectivity index (χ3v) is 6.53. The van der Waals surface area contributed by atoms with Gasteiger partial charge in [0.05, 0.1) is 13.5 Å². The van der Waals surface area contributed by atoms with Gasteiger partial charge in [-0.2, -0.15) is 0 Å². The van der Waals surface area contributed by atoms with Gasteiger partial charge in [-0.3, -0.25) is 9.59 Å². The fourth-order valence-electron chi connectivity index (χ4n) is 4.56. The Morgan fingerprint density at radius 2 is 1.72 bits per heavy atom. The second-order valence-electron chi connectivity index (χ2n) is 8.97. The Bertz CT molecular complexity index is 1260. The lowest BCUT2D eigenvalue weighted by Crippen LogP contribution is -2.23. The predicted molar refractivity (Wildman–Crippen MR) is 139 cm³/mol. The first-order chi connectivity index (χ1) is 17.2. The van der Waals surface area contributed by atoms with Crippen LogP contribution in [0.25, 0.3) is 0 Å². The lowest BCUT2D eigenvalue weighted by Gasteiger charge is -2.21. The minimum Gasteiger partial charge on any atom is -0.496 e. The van der Waals surface area contributed by atoms with E-state index in [-0.39, 0.29) is 17.5 Å². The number of amides is 1. The number of hydrogen-bond acceptors (Lipinski definition) is 6. The Morgan fingerprint density at radius 3 is 2.31 bits per heavy atom. The number of aryl methyl sites for hydroxylation is 2. The van der Waals surface area contributed by atoms with Crippen LogP contribution in [0.1, 0.15) is 51.3 Å². The normalized spacial score (nSPS) is 13.1. The number of carbonyl (C=O) groups is 2. The molecule has 8 nitrogen and oxygen atoms in total. The van der Waals surface area contributed by atoms with Crippen molar-refractivity contribution < 1.29 is 19.4 Å². The highest BCUT2D eigenvalue weighted by Gasteiger charge is 2.23. The Kier molecular flexibility index (Phi) is 7.74. The van der Waals surface area contributed by atoms with E-state index >= 15 is 0 Å². The SMILES string of the molecule is COc1c(C)cc(C(=O)Nc2ccc(Cc3nc(Cl)c(CC(=O)O)c(N4CCCC4)n3)cc2)cc1C. The molecule has 1 aliphatic heterocycles. The average Bonchev–Trinajstić information content (AvgIpc) is 3.36. The molecule has 0 radical (unpaired) electrons. The summed E-state index contributed by atoms with van der Waals surface area (Å²) in [5.41, 5.74) is 4.44. The highest BCUT2D eigenvalue weighted by Crippen LogP contribution is 2.29. The van der Waals surface area contributed by atoms with Crippen LogP contribution in [-0.4, -0.2) is 47.2 Å². The summed E-state index contributed by atoms with van der Waals surface area (Å²) >= 11 is 6.41. The minimum atomic E-state index is -0.966. The molecule has 3 aromatic rings. The molecule has 0 spiro atoms. The van der Waals surface area contributed by atoms with E-state index in [1.807, 2.05) is 50.2 Å². The molecule has 9 heteroatoms. The van der Waals surface area contributed by atoms with E-state index in [0.717, 1.165) is 48.4 Å². The van der Waals surface area contributed by atoms with Crippen molar-refractivity contribution >= 4 is 35.0 Å². The second-order valence-corrected chi connectivity index (χ2v) is 9.33. The maximum atomic E-state index is 12.8. The third kappa shape index (κ3) is 5.76. The number of nitrogens with one attached hydrogen (secondary N) is 1. The van der Waals surface area contributed by atoms with Crippen molar-refractivity contribution in [2.75, 3.05) is 30.4 Å². The number of benzene rings is 2. The van der Waals surface area contributed by atoms with Gasteiger partial charge in [-0.15, -0.1) is 0 Å². The molecule has 0 unspecified atom stereocenters. The smallest absolute Gasteiger partial charge is 0.308 e. The Balaban J connectivity index is 1.49. The standard InChI is InChI=1S/C27H29ClN4O4/c1-16-12-19(13-17(2)24(16)36-3)27(35)29-20-8-6-18(7-9-20)14-22-30-25(28)21(15-23(33)34)26(31-22)32-10-4-5-11-32/h6-9,12-13H,4-5,10-11,14-15H2,1-3H3,(H,29,35)(H,33,34). The topological polar surface area (TPSA) is 105 Å².